The SMILES string of the molecule is Cc1cc(C)n(C(C(=O)O)c2ccccc2)n1. The van der Waals surface area contributed by atoms with E-state index < -0.39 is 12.0 Å². The molecule has 0 bridgehead atoms. The molecule has 0 spiro atoms. The smallest absolute Gasteiger partial charge is 0.333 e. The van der Waals surface area contributed by atoms with Gasteiger partial charge in [0.25, 0.3) is 0 Å². The Kier molecular flexibility index (Phi) is 2.95. The predicted octanol–water partition coefficient (Wildman–Crippen LogP) is 2.17. The molecule has 0 saturated carbocycles. The molecule has 0 saturated heterocycles. The highest BCUT2D eigenvalue weighted by Gasteiger charge is 2.23. The van der Waals surface area contributed by atoms with Gasteiger partial charge in [0.15, 0.2) is 6.04 Å². The molecule has 88 valence electrons. The van der Waals surface area contributed by atoms with Crippen LogP contribution >= 0.6 is 0 Å². The van der Waals surface area contributed by atoms with Crippen molar-refractivity contribution >= 4 is 5.97 Å². The molecule has 2 rings (SSSR count). The van der Waals surface area contributed by atoms with Crippen molar-refractivity contribution in [2.24, 2.45) is 0 Å². The van der Waals surface area contributed by atoms with Crippen LogP contribution in [0.5, 0.6) is 0 Å². The number of carboxylic acid groups (broad SMARTS) is 1. The third-order valence-electron chi connectivity index (χ3n) is 2.64. The fraction of sp³-hybridized carbons (Fsp3) is 0.231. The second-order valence-electron chi connectivity index (χ2n) is 4.02. The molecule has 1 unspecified atom stereocenters. The first-order valence-electron chi connectivity index (χ1n) is 5.40. The van der Waals surface area contributed by atoms with Crippen molar-refractivity contribution in [3.63, 3.8) is 0 Å². The third kappa shape index (κ3) is 2.20. The maximum absolute atomic E-state index is 11.4. The molecule has 0 fully saturated rings. The van der Waals surface area contributed by atoms with Gasteiger partial charge in [0.2, 0.25) is 0 Å². The van der Waals surface area contributed by atoms with E-state index in [0.717, 1.165) is 17.0 Å². The minimum absolute atomic E-state index is 0.728. The fourth-order valence-electron chi connectivity index (χ4n) is 1.93. The molecule has 17 heavy (non-hydrogen) atoms. The summed E-state index contributed by atoms with van der Waals surface area (Å²) < 4.78 is 1.55. The van der Waals surface area contributed by atoms with Crippen LogP contribution in [0.25, 0.3) is 0 Å². The van der Waals surface area contributed by atoms with Crippen LogP contribution in [0.3, 0.4) is 0 Å². The van der Waals surface area contributed by atoms with Crippen LogP contribution in [-0.2, 0) is 4.79 Å². The minimum atomic E-state index is -0.901. The van der Waals surface area contributed by atoms with Crippen LogP contribution in [-0.4, -0.2) is 20.9 Å². The molecule has 1 atom stereocenters. The monoisotopic (exact) mass is 230 g/mol. The highest BCUT2D eigenvalue weighted by atomic mass is 16.4. The molecule has 0 radical (unpaired) electrons. The van der Waals surface area contributed by atoms with Crippen LogP contribution in [0.1, 0.15) is 23.0 Å². The first-order chi connectivity index (χ1) is 8.09. The molecular formula is C13H14N2O2. The van der Waals surface area contributed by atoms with E-state index in [-0.39, 0.29) is 0 Å². The first kappa shape index (κ1) is 11.4. The number of hydrogen-bond donors (Lipinski definition) is 1. The molecular weight excluding hydrogens is 216 g/mol. The van der Waals surface area contributed by atoms with E-state index >= 15 is 0 Å². The number of nitrogens with zero attached hydrogens (tertiary/aromatic N) is 2. The summed E-state index contributed by atoms with van der Waals surface area (Å²) in [6.45, 7) is 3.71. The van der Waals surface area contributed by atoms with Gasteiger partial charge >= 0.3 is 5.97 Å². The summed E-state index contributed by atoms with van der Waals surface area (Å²) in [5.74, 6) is -0.901. The third-order valence-corrected chi connectivity index (χ3v) is 2.64. The number of rotatable bonds is 3. The number of hydrogen-bond acceptors (Lipinski definition) is 2. The molecule has 0 amide bonds. The van der Waals surface area contributed by atoms with Gasteiger partial charge in [-0.15, -0.1) is 0 Å². The molecule has 2 aromatic rings. The Bertz CT molecular complexity index is 532. The number of benzene rings is 1. The second-order valence-corrected chi connectivity index (χ2v) is 4.02. The zero-order chi connectivity index (χ0) is 12.4. The van der Waals surface area contributed by atoms with Crippen molar-refractivity contribution in [1.82, 2.24) is 9.78 Å². The number of carbonyl (C=O) groups is 1. The number of aliphatic carboxylic acids is 1. The number of carboxylic acids is 1. The number of aryl methyl sites for hydroxylation is 2. The molecule has 0 aliphatic heterocycles. The molecule has 1 N–H and O–H groups in total. The average molecular weight is 230 g/mol. The van der Waals surface area contributed by atoms with Crippen LogP contribution < -0.4 is 0 Å². The van der Waals surface area contributed by atoms with Gasteiger partial charge in [-0.25, -0.2) is 4.79 Å². The fourth-order valence-corrected chi connectivity index (χ4v) is 1.93. The highest BCUT2D eigenvalue weighted by molar-refractivity contribution is 5.76. The highest BCUT2D eigenvalue weighted by Crippen LogP contribution is 2.20. The van der Waals surface area contributed by atoms with E-state index in [1.807, 2.05) is 38.1 Å². The maximum atomic E-state index is 11.4. The summed E-state index contributed by atoms with van der Waals surface area (Å²) in [5.41, 5.74) is 2.40. The second kappa shape index (κ2) is 4.41. The van der Waals surface area contributed by atoms with Crippen LogP contribution in [0, 0.1) is 13.8 Å². The van der Waals surface area contributed by atoms with Gasteiger partial charge in [-0.1, -0.05) is 30.3 Å². The van der Waals surface area contributed by atoms with Crippen molar-refractivity contribution in [1.29, 1.82) is 0 Å². The zero-order valence-corrected chi connectivity index (χ0v) is 9.79. The van der Waals surface area contributed by atoms with Crippen LogP contribution in [0.15, 0.2) is 36.4 Å². The standard InChI is InChI=1S/C13H14N2O2/c1-9-8-10(2)15(14-9)12(13(16)17)11-6-4-3-5-7-11/h3-8,12H,1-2H3,(H,16,17). The Hall–Kier alpha value is -2.10. The summed E-state index contributed by atoms with van der Waals surface area (Å²) in [6, 6.07) is 10.2. The Balaban J connectivity index is 2.50. The molecule has 1 aromatic heterocycles. The van der Waals surface area contributed by atoms with Gasteiger partial charge in [0.05, 0.1) is 5.69 Å². The minimum Gasteiger partial charge on any atom is -0.479 e. The van der Waals surface area contributed by atoms with Gasteiger partial charge in [-0.05, 0) is 25.5 Å². The van der Waals surface area contributed by atoms with E-state index in [1.165, 1.54) is 0 Å². The topological polar surface area (TPSA) is 55.1 Å². The van der Waals surface area contributed by atoms with Crippen molar-refractivity contribution in [3.05, 3.63) is 53.3 Å². The van der Waals surface area contributed by atoms with Gasteiger partial charge in [-0.2, -0.15) is 5.10 Å². The molecule has 0 aliphatic rings. The lowest BCUT2D eigenvalue weighted by Gasteiger charge is -2.15. The van der Waals surface area contributed by atoms with Gasteiger partial charge in [-0.3, -0.25) is 4.68 Å². The largest absolute Gasteiger partial charge is 0.479 e. The normalized spacial score (nSPS) is 12.4. The summed E-state index contributed by atoms with van der Waals surface area (Å²) >= 11 is 0. The molecule has 1 heterocycles. The predicted molar refractivity (Wildman–Crippen MR) is 63.9 cm³/mol. The lowest BCUT2D eigenvalue weighted by molar-refractivity contribution is -0.139. The van der Waals surface area contributed by atoms with Gasteiger partial charge in [0.1, 0.15) is 0 Å². The van der Waals surface area contributed by atoms with E-state index in [0.29, 0.717) is 0 Å². The summed E-state index contributed by atoms with van der Waals surface area (Å²) in [4.78, 5) is 11.4. The Labute approximate surface area is 99.5 Å². The van der Waals surface area contributed by atoms with Gasteiger partial charge < -0.3 is 5.11 Å². The zero-order valence-electron chi connectivity index (χ0n) is 9.79. The summed E-state index contributed by atoms with van der Waals surface area (Å²) in [6.07, 6.45) is 0. The molecule has 4 heteroatoms. The Morgan fingerprint density at radius 1 is 1.29 bits per heavy atom. The Morgan fingerprint density at radius 3 is 2.41 bits per heavy atom. The van der Waals surface area contributed by atoms with Crippen molar-refractivity contribution in [2.45, 2.75) is 19.9 Å². The van der Waals surface area contributed by atoms with Crippen molar-refractivity contribution in [2.75, 3.05) is 0 Å². The maximum Gasteiger partial charge on any atom is 0.333 e. The lowest BCUT2D eigenvalue weighted by Crippen LogP contribution is -2.22. The van der Waals surface area contributed by atoms with E-state index in [4.69, 9.17) is 0 Å². The quantitative estimate of drug-likeness (QED) is 0.879. The van der Waals surface area contributed by atoms with Crippen molar-refractivity contribution in [3.8, 4) is 0 Å². The average Bonchev–Trinajstić information content (AvgIpc) is 2.59. The lowest BCUT2D eigenvalue weighted by atomic mass is 10.1. The van der Waals surface area contributed by atoms with E-state index in [9.17, 15) is 9.90 Å². The molecule has 1 aromatic carbocycles. The summed E-state index contributed by atoms with van der Waals surface area (Å²) in [7, 11) is 0. The van der Waals surface area contributed by atoms with Crippen molar-refractivity contribution < 1.29 is 9.90 Å². The van der Waals surface area contributed by atoms with E-state index in [1.54, 1.807) is 16.8 Å². The number of aromatic nitrogens is 2. The van der Waals surface area contributed by atoms with Crippen LogP contribution in [0.4, 0.5) is 0 Å². The Morgan fingerprint density at radius 2 is 1.94 bits per heavy atom. The van der Waals surface area contributed by atoms with E-state index in [2.05, 4.69) is 5.10 Å². The van der Waals surface area contributed by atoms with Gasteiger partial charge in [0, 0.05) is 5.69 Å². The first-order valence-corrected chi connectivity index (χ1v) is 5.40. The summed E-state index contributed by atoms with van der Waals surface area (Å²) in [5, 5.41) is 13.6. The molecule has 0 aliphatic carbocycles. The van der Waals surface area contributed by atoms with Crippen LogP contribution in [0.2, 0.25) is 0 Å². The molecule has 4 nitrogen and oxygen atoms in total.